The molecule has 1 fully saturated rings. The minimum atomic E-state index is 0.761. The predicted octanol–water partition coefficient (Wildman–Crippen LogP) is 3.30. The van der Waals surface area contributed by atoms with Gasteiger partial charge in [0, 0.05) is 24.3 Å². The van der Waals surface area contributed by atoms with Gasteiger partial charge < -0.3 is 15.4 Å². The van der Waals surface area contributed by atoms with Crippen molar-refractivity contribution in [3.8, 4) is 5.75 Å². The van der Waals surface area contributed by atoms with E-state index in [1.807, 2.05) is 24.3 Å². The van der Waals surface area contributed by atoms with Crippen molar-refractivity contribution in [2.24, 2.45) is 0 Å². The molecule has 3 nitrogen and oxygen atoms in total. The highest BCUT2D eigenvalue weighted by Gasteiger charge is 2.17. The summed E-state index contributed by atoms with van der Waals surface area (Å²) in [7, 11) is 2.25. The SMILES string of the molecule is CN(CCCOc1cccc(N)c1)C1CCCCC1. The average molecular weight is 262 g/mol. The molecular formula is C16H26N2O. The Bertz CT molecular complexity index is 375. The van der Waals surface area contributed by atoms with Gasteiger partial charge in [-0.15, -0.1) is 0 Å². The van der Waals surface area contributed by atoms with E-state index in [9.17, 15) is 0 Å². The molecule has 0 aliphatic heterocycles. The van der Waals surface area contributed by atoms with Crippen molar-refractivity contribution >= 4 is 5.69 Å². The maximum absolute atomic E-state index is 5.72. The molecule has 2 rings (SSSR count). The van der Waals surface area contributed by atoms with Crippen molar-refractivity contribution in [1.29, 1.82) is 0 Å². The molecule has 1 aliphatic rings. The second-order valence-electron chi connectivity index (χ2n) is 5.55. The summed E-state index contributed by atoms with van der Waals surface area (Å²) in [4.78, 5) is 2.50. The van der Waals surface area contributed by atoms with E-state index < -0.39 is 0 Å². The van der Waals surface area contributed by atoms with Gasteiger partial charge in [0.15, 0.2) is 0 Å². The van der Waals surface area contributed by atoms with Crippen molar-refractivity contribution in [2.75, 3.05) is 25.9 Å². The topological polar surface area (TPSA) is 38.5 Å². The van der Waals surface area contributed by atoms with Crippen LogP contribution < -0.4 is 10.5 Å². The van der Waals surface area contributed by atoms with Gasteiger partial charge in [0.2, 0.25) is 0 Å². The van der Waals surface area contributed by atoms with Gasteiger partial charge in [0.05, 0.1) is 6.61 Å². The van der Waals surface area contributed by atoms with Gasteiger partial charge in [-0.3, -0.25) is 0 Å². The number of nitrogen functional groups attached to an aromatic ring is 1. The molecule has 0 bridgehead atoms. The summed E-state index contributed by atoms with van der Waals surface area (Å²) in [6, 6.07) is 8.44. The molecule has 1 aliphatic carbocycles. The van der Waals surface area contributed by atoms with Crippen molar-refractivity contribution in [1.82, 2.24) is 4.90 Å². The maximum atomic E-state index is 5.72. The van der Waals surface area contributed by atoms with Crippen LogP contribution in [0.3, 0.4) is 0 Å². The molecular weight excluding hydrogens is 236 g/mol. The Morgan fingerprint density at radius 1 is 1.26 bits per heavy atom. The summed E-state index contributed by atoms with van der Waals surface area (Å²) in [6.45, 7) is 1.88. The Morgan fingerprint density at radius 2 is 2.05 bits per heavy atom. The van der Waals surface area contributed by atoms with E-state index in [-0.39, 0.29) is 0 Å². The zero-order valence-corrected chi connectivity index (χ0v) is 12.0. The maximum Gasteiger partial charge on any atom is 0.121 e. The lowest BCUT2D eigenvalue weighted by atomic mass is 9.94. The molecule has 1 aromatic carbocycles. The van der Waals surface area contributed by atoms with Crippen LogP contribution in [0.4, 0.5) is 5.69 Å². The van der Waals surface area contributed by atoms with Crippen molar-refractivity contribution in [3.05, 3.63) is 24.3 Å². The normalized spacial score (nSPS) is 16.7. The molecule has 2 N–H and O–H groups in total. The van der Waals surface area contributed by atoms with Crippen LogP contribution in [0.25, 0.3) is 0 Å². The molecule has 106 valence electrons. The zero-order valence-electron chi connectivity index (χ0n) is 12.0. The first-order chi connectivity index (χ1) is 9.25. The average Bonchev–Trinajstić information content (AvgIpc) is 2.44. The molecule has 0 amide bonds. The summed E-state index contributed by atoms with van der Waals surface area (Å²) in [5.41, 5.74) is 6.48. The lowest BCUT2D eigenvalue weighted by Crippen LogP contribution is -2.34. The first-order valence-electron chi connectivity index (χ1n) is 7.44. The standard InChI is InChI=1S/C16H26N2O/c1-18(15-8-3-2-4-9-15)11-6-12-19-16-10-5-7-14(17)13-16/h5,7,10,13,15H,2-4,6,8-9,11-12,17H2,1H3. The quantitative estimate of drug-likeness (QED) is 0.631. The van der Waals surface area contributed by atoms with Crippen LogP contribution in [0.15, 0.2) is 24.3 Å². The van der Waals surface area contributed by atoms with Crippen LogP contribution in [0, 0.1) is 0 Å². The molecule has 0 saturated heterocycles. The number of benzene rings is 1. The first kappa shape index (κ1) is 14.2. The van der Waals surface area contributed by atoms with Crippen molar-refractivity contribution in [3.63, 3.8) is 0 Å². The minimum absolute atomic E-state index is 0.761. The van der Waals surface area contributed by atoms with E-state index in [0.29, 0.717) is 0 Å². The molecule has 0 heterocycles. The minimum Gasteiger partial charge on any atom is -0.493 e. The first-order valence-corrected chi connectivity index (χ1v) is 7.44. The highest BCUT2D eigenvalue weighted by atomic mass is 16.5. The molecule has 3 heteroatoms. The summed E-state index contributed by atoms with van der Waals surface area (Å²) in [5.74, 6) is 0.875. The molecule has 0 spiro atoms. The van der Waals surface area contributed by atoms with Gasteiger partial charge in [-0.2, -0.15) is 0 Å². The molecule has 19 heavy (non-hydrogen) atoms. The second-order valence-corrected chi connectivity index (χ2v) is 5.55. The molecule has 1 aromatic rings. The highest BCUT2D eigenvalue weighted by molar-refractivity contribution is 5.43. The van der Waals surface area contributed by atoms with E-state index in [1.54, 1.807) is 0 Å². The van der Waals surface area contributed by atoms with Gasteiger partial charge in [0.25, 0.3) is 0 Å². The summed E-state index contributed by atoms with van der Waals surface area (Å²) < 4.78 is 5.72. The number of anilines is 1. The lowest BCUT2D eigenvalue weighted by molar-refractivity contribution is 0.177. The van der Waals surface area contributed by atoms with Crippen molar-refractivity contribution < 1.29 is 4.74 Å². The van der Waals surface area contributed by atoms with Crippen LogP contribution in [-0.2, 0) is 0 Å². The van der Waals surface area contributed by atoms with Crippen LogP contribution in [0.2, 0.25) is 0 Å². The molecule has 0 atom stereocenters. The summed E-state index contributed by atoms with van der Waals surface area (Å²) >= 11 is 0. The molecule has 0 unspecified atom stereocenters. The van der Waals surface area contributed by atoms with E-state index in [2.05, 4.69) is 11.9 Å². The van der Waals surface area contributed by atoms with E-state index in [1.165, 1.54) is 32.1 Å². The Kier molecular flexibility index (Phi) is 5.52. The Morgan fingerprint density at radius 3 is 2.79 bits per heavy atom. The number of nitrogens with two attached hydrogens (primary N) is 1. The summed E-state index contributed by atoms with van der Waals surface area (Å²) in [5, 5.41) is 0. The fraction of sp³-hybridized carbons (Fsp3) is 0.625. The highest BCUT2D eigenvalue weighted by Crippen LogP contribution is 2.21. The third-order valence-electron chi connectivity index (χ3n) is 3.98. The fourth-order valence-electron chi connectivity index (χ4n) is 2.81. The molecule has 1 saturated carbocycles. The number of ether oxygens (including phenoxy) is 1. The number of rotatable bonds is 6. The number of nitrogens with zero attached hydrogens (tertiary/aromatic N) is 1. The van der Waals surface area contributed by atoms with Crippen LogP contribution in [0.5, 0.6) is 5.75 Å². The van der Waals surface area contributed by atoms with E-state index in [0.717, 1.165) is 37.1 Å². The van der Waals surface area contributed by atoms with Gasteiger partial charge in [-0.25, -0.2) is 0 Å². The smallest absolute Gasteiger partial charge is 0.121 e. The van der Waals surface area contributed by atoms with Crippen LogP contribution in [0.1, 0.15) is 38.5 Å². The van der Waals surface area contributed by atoms with Gasteiger partial charge in [0.1, 0.15) is 5.75 Å². The largest absolute Gasteiger partial charge is 0.493 e. The third kappa shape index (κ3) is 4.75. The molecule has 0 aromatic heterocycles. The molecule has 0 radical (unpaired) electrons. The van der Waals surface area contributed by atoms with Crippen LogP contribution in [-0.4, -0.2) is 31.1 Å². The lowest BCUT2D eigenvalue weighted by Gasteiger charge is -2.31. The fourth-order valence-corrected chi connectivity index (χ4v) is 2.81. The zero-order chi connectivity index (χ0) is 13.5. The van der Waals surface area contributed by atoms with Gasteiger partial charge in [-0.05, 0) is 38.4 Å². The number of hydrogen-bond acceptors (Lipinski definition) is 3. The predicted molar refractivity (Wildman–Crippen MR) is 80.5 cm³/mol. The van der Waals surface area contributed by atoms with Gasteiger partial charge >= 0.3 is 0 Å². The summed E-state index contributed by atoms with van der Waals surface area (Å²) in [6.07, 6.45) is 8.02. The van der Waals surface area contributed by atoms with Crippen LogP contribution >= 0.6 is 0 Å². The second kappa shape index (κ2) is 7.39. The Labute approximate surface area is 116 Å². The van der Waals surface area contributed by atoms with Gasteiger partial charge in [-0.1, -0.05) is 25.3 Å². The Hall–Kier alpha value is -1.22. The van der Waals surface area contributed by atoms with Crippen molar-refractivity contribution in [2.45, 2.75) is 44.6 Å². The monoisotopic (exact) mass is 262 g/mol. The van der Waals surface area contributed by atoms with E-state index >= 15 is 0 Å². The Balaban J connectivity index is 1.63. The third-order valence-corrected chi connectivity index (χ3v) is 3.98. The number of hydrogen-bond donors (Lipinski definition) is 1. The van der Waals surface area contributed by atoms with E-state index in [4.69, 9.17) is 10.5 Å².